The van der Waals surface area contributed by atoms with E-state index in [1.54, 1.807) is 17.7 Å². The second-order valence-electron chi connectivity index (χ2n) is 6.66. The first-order valence-electron chi connectivity index (χ1n) is 8.94. The maximum Gasteiger partial charge on any atom is 0.280 e. The molecule has 156 valence electrons. The third-order valence-corrected chi connectivity index (χ3v) is 4.85. The Kier molecular flexibility index (Phi) is 5.06. The smallest absolute Gasteiger partial charge is 0.280 e. The summed E-state index contributed by atoms with van der Waals surface area (Å²) < 4.78 is 8.54. The Balaban J connectivity index is 1.72. The average Bonchev–Trinajstić information content (AvgIpc) is 3.35. The molecule has 1 saturated heterocycles. The minimum atomic E-state index is -1.34. The molecule has 3 aromatic heterocycles. The molecule has 0 amide bonds. The van der Waals surface area contributed by atoms with Gasteiger partial charge in [-0.05, 0) is 6.92 Å². The van der Waals surface area contributed by atoms with Crippen molar-refractivity contribution in [3.05, 3.63) is 28.7 Å². The number of aromatic amines is 1. The number of rotatable bonds is 6. The second kappa shape index (κ2) is 7.53. The predicted molar refractivity (Wildman–Crippen MR) is 98.5 cm³/mol. The van der Waals surface area contributed by atoms with Crippen molar-refractivity contribution < 1.29 is 25.2 Å². The van der Waals surface area contributed by atoms with Gasteiger partial charge in [-0.1, -0.05) is 0 Å². The van der Waals surface area contributed by atoms with Gasteiger partial charge < -0.3 is 35.0 Å². The molecule has 1 aliphatic rings. The molecule has 0 radical (unpaired) electrons. The zero-order chi connectivity index (χ0) is 20.7. The number of ether oxygens (including phenoxy) is 1. The van der Waals surface area contributed by atoms with Gasteiger partial charge in [0.05, 0.1) is 25.7 Å². The van der Waals surface area contributed by atoms with Crippen LogP contribution in [0.1, 0.15) is 12.1 Å². The van der Waals surface area contributed by atoms with E-state index in [4.69, 9.17) is 4.74 Å². The van der Waals surface area contributed by atoms with Gasteiger partial charge in [-0.3, -0.25) is 14.3 Å². The molecule has 13 heteroatoms. The van der Waals surface area contributed by atoms with Crippen molar-refractivity contribution in [2.75, 3.05) is 18.5 Å². The molecular weight excluding hydrogens is 386 g/mol. The topological polar surface area (TPSA) is 184 Å². The fraction of sp³-hybridized carbons (Fsp3) is 0.500. The third kappa shape index (κ3) is 3.28. The monoisotopic (exact) mass is 407 g/mol. The van der Waals surface area contributed by atoms with Crippen molar-refractivity contribution in [1.82, 2.24) is 29.1 Å². The van der Waals surface area contributed by atoms with E-state index in [0.717, 1.165) is 0 Å². The van der Waals surface area contributed by atoms with E-state index in [9.17, 15) is 25.2 Å². The van der Waals surface area contributed by atoms with Crippen LogP contribution in [0.15, 0.2) is 17.3 Å². The Hall–Kier alpha value is -2.84. The summed E-state index contributed by atoms with van der Waals surface area (Å²) in [7, 11) is 0. The van der Waals surface area contributed by atoms with E-state index in [0.29, 0.717) is 18.2 Å². The Morgan fingerprint density at radius 3 is 2.76 bits per heavy atom. The molecule has 4 heterocycles. The maximum absolute atomic E-state index is 12.4. The molecule has 0 aliphatic carbocycles. The molecule has 29 heavy (non-hydrogen) atoms. The number of fused-ring (bicyclic) bond motifs is 1. The molecule has 0 bridgehead atoms. The number of aromatic nitrogens is 6. The zero-order valence-electron chi connectivity index (χ0n) is 15.4. The SMILES string of the molecule is Cc1ncc(Nc2nc3c(ncn3C3OC(CO)C(O)C3O)c(=O)[nH]2)n1CCO. The van der Waals surface area contributed by atoms with Gasteiger partial charge in [-0.15, -0.1) is 0 Å². The van der Waals surface area contributed by atoms with Gasteiger partial charge in [0.2, 0.25) is 5.95 Å². The van der Waals surface area contributed by atoms with Gasteiger partial charge in [-0.2, -0.15) is 4.98 Å². The van der Waals surface area contributed by atoms with Crippen LogP contribution in [-0.4, -0.2) is 81.0 Å². The summed E-state index contributed by atoms with van der Waals surface area (Å²) in [6.45, 7) is 1.52. The molecule has 0 spiro atoms. The third-order valence-electron chi connectivity index (χ3n) is 4.85. The number of aryl methyl sites for hydroxylation is 1. The Labute approximate surface area is 163 Å². The first-order valence-corrected chi connectivity index (χ1v) is 8.94. The number of nitrogens with one attached hydrogen (secondary N) is 2. The highest BCUT2D eigenvalue weighted by atomic mass is 16.6. The number of aliphatic hydroxyl groups excluding tert-OH is 4. The van der Waals surface area contributed by atoms with Crippen molar-refractivity contribution in [2.45, 2.75) is 38.0 Å². The van der Waals surface area contributed by atoms with Gasteiger partial charge in [0.1, 0.15) is 30.0 Å². The average molecular weight is 407 g/mol. The van der Waals surface area contributed by atoms with E-state index in [-0.39, 0.29) is 23.7 Å². The highest BCUT2D eigenvalue weighted by Gasteiger charge is 2.44. The van der Waals surface area contributed by atoms with E-state index in [2.05, 4.69) is 25.3 Å². The van der Waals surface area contributed by atoms with Gasteiger partial charge in [-0.25, -0.2) is 9.97 Å². The predicted octanol–water partition coefficient (Wildman–Crippen LogP) is -2.03. The largest absolute Gasteiger partial charge is 0.395 e. The van der Waals surface area contributed by atoms with Gasteiger partial charge in [0.25, 0.3) is 5.56 Å². The van der Waals surface area contributed by atoms with Crippen LogP contribution < -0.4 is 10.9 Å². The number of hydrogen-bond acceptors (Lipinski definition) is 10. The lowest BCUT2D eigenvalue weighted by molar-refractivity contribution is -0.0511. The lowest BCUT2D eigenvalue weighted by atomic mass is 10.1. The Morgan fingerprint density at radius 1 is 1.28 bits per heavy atom. The molecule has 13 nitrogen and oxygen atoms in total. The van der Waals surface area contributed by atoms with Crippen LogP contribution >= 0.6 is 0 Å². The maximum atomic E-state index is 12.4. The van der Waals surface area contributed by atoms with Crippen molar-refractivity contribution in [3.63, 3.8) is 0 Å². The first-order chi connectivity index (χ1) is 13.9. The van der Waals surface area contributed by atoms with Gasteiger partial charge in [0, 0.05) is 6.54 Å². The number of aliphatic hydroxyl groups is 4. The van der Waals surface area contributed by atoms with Gasteiger partial charge >= 0.3 is 0 Å². The number of H-pyrrole nitrogens is 1. The highest BCUT2D eigenvalue weighted by molar-refractivity contribution is 5.71. The highest BCUT2D eigenvalue weighted by Crippen LogP contribution is 2.31. The lowest BCUT2D eigenvalue weighted by Crippen LogP contribution is -2.33. The molecule has 0 saturated carbocycles. The van der Waals surface area contributed by atoms with Crippen molar-refractivity contribution in [1.29, 1.82) is 0 Å². The number of hydrogen-bond donors (Lipinski definition) is 6. The first kappa shape index (κ1) is 19.5. The summed E-state index contributed by atoms with van der Waals surface area (Å²) in [5, 5.41) is 41.7. The summed E-state index contributed by atoms with van der Waals surface area (Å²) >= 11 is 0. The fourth-order valence-corrected chi connectivity index (χ4v) is 3.35. The van der Waals surface area contributed by atoms with Crippen LogP contribution in [-0.2, 0) is 11.3 Å². The normalized spacial score (nSPS) is 24.4. The molecular formula is C16H21N7O6. The minimum Gasteiger partial charge on any atom is -0.395 e. The fourth-order valence-electron chi connectivity index (χ4n) is 3.35. The van der Waals surface area contributed by atoms with E-state index < -0.39 is 36.7 Å². The lowest BCUT2D eigenvalue weighted by Gasteiger charge is -2.16. The number of anilines is 2. The summed E-state index contributed by atoms with van der Waals surface area (Å²) in [5.41, 5.74) is -0.377. The molecule has 0 aromatic carbocycles. The van der Waals surface area contributed by atoms with Crippen molar-refractivity contribution in [3.8, 4) is 0 Å². The second-order valence-corrected chi connectivity index (χ2v) is 6.66. The summed E-state index contributed by atoms with van der Waals surface area (Å²) in [5.74, 6) is 1.27. The van der Waals surface area contributed by atoms with E-state index in [1.165, 1.54) is 10.9 Å². The van der Waals surface area contributed by atoms with Crippen LogP contribution in [0.2, 0.25) is 0 Å². The number of imidazole rings is 2. The molecule has 4 unspecified atom stereocenters. The summed E-state index contributed by atoms with van der Waals surface area (Å²) in [6.07, 6.45) is -1.86. The molecule has 3 aromatic rings. The molecule has 1 aliphatic heterocycles. The Bertz CT molecular complexity index is 1080. The van der Waals surface area contributed by atoms with Crippen LogP contribution in [0.5, 0.6) is 0 Å². The minimum absolute atomic E-state index is 0.0216. The van der Waals surface area contributed by atoms with E-state index >= 15 is 0 Å². The Morgan fingerprint density at radius 2 is 2.07 bits per heavy atom. The van der Waals surface area contributed by atoms with Crippen molar-refractivity contribution in [2.24, 2.45) is 0 Å². The zero-order valence-corrected chi connectivity index (χ0v) is 15.4. The van der Waals surface area contributed by atoms with Crippen molar-refractivity contribution >= 4 is 22.9 Å². The standard InChI is InChI=1S/C16H21N7O6/c1-7-17-4-9(22(7)2-3-24)19-16-20-13-10(14(28)21-16)18-6-23(13)15-12(27)11(26)8(5-25)29-15/h4,6,8,11-12,15,24-27H,2-3,5H2,1H3,(H2,19,20,21,28). The van der Waals surface area contributed by atoms with Crippen LogP contribution in [0.4, 0.5) is 11.8 Å². The number of nitrogens with zero attached hydrogens (tertiary/aromatic N) is 5. The van der Waals surface area contributed by atoms with Crippen LogP contribution in [0, 0.1) is 6.92 Å². The van der Waals surface area contributed by atoms with Crippen LogP contribution in [0.25, 0.3) is 11.2 Å². The van der Waals surface area contributed by atoms with Crippen LogP contribution in [0.3, 0.4) is 0 Å². The molecule has 4 atom stereocenters. The summed E-state index contributed by atoms with van der Waals surface area (Å²) in [6, 6.07) is 0. The van der Waals surface area contributed by atoms with Gasteiger partial charge in [0.15, 0.2) is 17.4 Å². The summed E-state index contributed by atoms with van der Waals surface area (Å²) in [4.78, 5) is 27.5. The molecule has 6 N–H and O–H groups in total. The molecule has 4 rings (SSSR count). The van der Waals surface area contributed by atoms with E-state index in [1.807, 2.05) is 0 Å². The molecule has 1 fully saturated rings. The quantitative estimate of drug-likeness (QED) is 0.266.